The van der Waals surface area contributed by atoms with Gasteiger partial charge in [0, 0.05) is 24.5 Å². The fraction of sp³-hybridized carbons (Fsp3) is 0.174. The molecule has 0 bridgehead atoms. The Balaban J connectivity index is 1.85. The van der Waals surface area contributed by atoms with Crippen molar-refractivity contribution in [2.45, 2.75) is 19.5 Å². The SMILES string of the molecule is COc1cccc(/C(O)=C2\C(=O)C(=O)N(Cc3cccnc3)[C@H]2c2ccc(C)o2)c1. The summed E-state index contributed by atoms with van der Waals surface area (Å²) >= 11 is 0. The number of ketones is 1. The molecule has 7 nitrogen and oxygen atoms in total. The second kappa shape index (κ2) is 7.87. The number of carbonyl (C=O) groups excluding carboxylic acids is 2. The predicted molar refractivity (Wildman–Crippen MR) is 109 cm³/mol. The molecule has 1 aliphatic heterocycles. The van der Waals surface area contributed by atoms with Gasteiger partial charge in [0.2, 0.25) is 0 Å². The number of methoxy groups -OCH3 is 1. The van der Waals surface area contributed by atoms with Crippen LogP contribution in [0.2, 0.25) is 0 Å². The number of hydrogen-bond donors (Lipinski definition) is 1. The van der Waals surface area contributed by atoms with Crippen molar-refractivity contribution < 1.29 is 23.8 Å². The highest BCUT2D eigenvalue weighted by Gasteiger charge is 2.47. The van der Waals surface area contributed by atoms with Crippen LogP contribution < -0.4 is 4.74 Å². The molecule has 4 rings (SSSR count). The van der Waals surface area contributed by atoms with E-state index in [1.165, 1.54) is 12.0 Å². The maximum absolute atomic E-state index is 13.0. The highest BCUT2D eigenvalue weighted by atomic mass is 16.5. The van der Waals surface area contributed by atoms with Gasteiger partial charge in [0.25, 0.3) is 11.7 Å². The zero-order valence-corrected chi connectivity index (χ0v) is 16.5. The third-order valence-electron chi connectivity index (χ3n) is 4.99. The van der Waals surface area contributed by atoms with Crippen LogP contribution in [0.4, 0.5) is 0 Å². The lowest BCUT2D eigenvalue weighted by Gasteiger charge is -2.23. The zero-order valence-electron chi connectivity index (χ0n) is 16.5. The van der Waals surface area contributed by atoms with Crippen molar-refractivity contribution >= 4 is 17.4 Å². The fourth-order valence-electron chi connectivity index (χ4n) is 3.55. The molecule has 1 N–H and O–H groups in total. The van der Waals surface area contributed by atoms with Crippen LogP contribution in [-0.2, 0) is 16.1 Å². The van der Waals surface area contributed by atoms with Crippen molar-refractivity contribution in [3.8, 4) is 5.75 Å². The van der Waals surface area contributed by atoms with Gasteiger partial charge in [0.1, 0.15) is 29.1 Å². The maximum atomic E-state index is 13.0. The summed E-state index contributed by atoms with van der Waals surface area (Å²) in [7, 11) is 1.51. The first-order valence-corrected chi connectivity index (χ1v) is 9.37. The van der Waals surface area contributed by atoms with E-state index in [0.717, 1.165) is 5.56 Å². The molecule has 0 radical (unpaired) electrons. The van der Waals surface area contributed by atoms with Crippen molar-refractivity contribution in [3.05, 3.63) is 89.1 Å². The van der Waals surface area contributed by atoms with Gasteiger partial charge in [-0.25, -0.2) is 0 Å². The molecule has 3 aromatic rings. The number of pyridine rings is 1. The van der Waals surface area contributed by atoms with Crippen LogP contribution in [0.1, 0.15) is 28.7 Å². The van der Waals surface area contributed by atoms with E-state index in [1.54, 1.807) is 61.8 Å². The molecular weight excluding hydrogens is 384 g/mol. The Bertz CT molecular complexity index is 1130. The summed E-state index contributed by atoms with van der Waals surface area (Å²) in [6.07, 6.45) is 3.26. The number of aromatic nitrogens is 1. The molecule has 1 aliphatic rings. The van der Waals surface area contributed by atoms with E-state index in [1.807, 2.05) is 6.07 Å². The number of benzene rings is 1. The predicted octanol–water partition coefficient (Wildman–Crippen LogP) is 3.61. The Kier molecular flexibility index (Phi) is 5.10. The summed E-state index contributed by atoms with van der Waals surface area (Å²) in [6.45, 7) is 1.93. The second-order valence-corrected chi connectivity index (χ2v) is 6.97. The Morgan fingerprint density at radius 2 is 2.03 bits per heavy atom. The summed E-state index contributed by atoms with van der Waals surface area (Å²) < 4.78 is 11.0. The van der Waals surface area contributed by atoms with Gasteiger partial charge in [0.05, 0.1) is 12.7 Å². The first-order valence-electron chi connectivity index (χ1n) is 9.37. The monoisotopic (exact) mass is 404 g/mol. The second-order valence-electron chi connectivity index (χ2n) is 6.97. The van der Waals surface area contributed by atoms with E-state index in [-0.39, 0.29) is 17.9 Å². The van der Waals surface area contributed by atoms with E-state index in [0.29, 0.717) is 22.8 Å². The van der Waals surface area contributed by atoms with E-state index >= 15 is 0 Å². The first-order chi connectivity index (χ1) is 14.5. The minimum absolute atomic E-state index is 0.0218. The standard InChI is InChI=1S/C23H20N2O5/c1-14-8-9-18(30-14)20-19(21(26)16-6-3-7-17(11-16)29-2)22(27)23(28)25(20)13-15-5-4-10-24-12-15/h3-12,20,26H,13H2,1-2H3/b21-19+/t20-/m0/s1. The molecule has 3 heterocycles. The average molecular weight is 404 g/mol. The molecule has 0 aliphatic carbocycles. The molecule has 0 spiro atoms. The number of hydrogen-bond acceptors (Lipinski definition) is 6. The van der Waals surface area contributed by atoms with E-state index in [4.69, 9.17) is 9.15 Å². The highest BCUT2D eigenvalue weighted by Crippen LogP contribution is 2.41. The van der Waals surface area contributed by atoms with Crippen LogP contribution in [0.3, 0.4) is 0 Å². The number of aryl methyl sites for hydroxylation is 1. The maximum Gasteiger partial charge on any atom is 0.296 e. The van der Waals surface area contributed by atoms with Crippen molar-refractivity contribution in [2.75, 3.05) is 7.11 Å². The Morgan fingerprint density at radius 3 is 2.70 bits per heavy atom. The number of nitrogens with zero attached hydrogens (tertiary/aromatic N) is 2. The van der Waals surface area contributed by atoms with E-state index in [9.17, 15) is 14.7 Å². The third kappa shape index (κ3) is 3.45. The van der Waals surface area contributed by atoms with Crippen molar-refractivity contribution in [1.29, 1.82) is 0 Å². The van der Waals surface area contributed by atoms with E-state index in [2.05, 4.69) is 4.98 Å². The number of carbonyl (C=O) groups is 2. The molecule has 7 heteroatoms. The quantitative estimate of drug-likeness (QED) is 0.397. The van der Waals surface area contributed by atoms with Crippen LogP contribution in [0.5, 0.6) is 5.75 Å². The fourth-order valence-corrected chi connectivity index (χ4v) is 3.55. The molecule has 1 fully saturated rings. The normalized spacial score (nSPS) is 18.1. The molecule has 1 atom stereocenters. The highest BCUT2D eigenvalue weighted by molar-refractivity contribution is 6.46. The molecule has 0 saturated carbocycles. The summed E-state index contributed by atoms with van der Waals surface area (Å²) in [6, 6.07) is 12.9. The van der Waals surface area contributed by atoms with Crippen molar-refractivity contribution in [3.63, 3.8) is 0 Å². The Labute approximate surface area is 173 Å². The number of furan rings is 1. The lowest BCUT2D eigenvalue weighted by molar-refractivity contribution is -0.140. The van der Waals surface area contributed by atoms with Crippen LogP contribution in [0.15, 0.2) is 70.9 Å². The lowest BCUT2D eigenvalue weighted by atomic mass is 9.99. The minimum Gasteiger partial charge on any atom is -0.507 e. The van der Waals surface area contributed by atoms with Gasteiger partial charge in [-0.1, -0.05) is 18.2 Å². The molecule has 0 unspecified atom stereocenters. The number of ether oxygens (including phenoxy) is 1. The minimum atomic E-state index is -0.856. The number of Topliss-reactive ketones (excluding diaryl/α,β-unsaturated/α-hetero) is 1. The number of amides is 1. The molecule has 1 aromatic carbocycles. The first kappa shape index (κ1) is 19.4. The van der Waals surface area contributed by atoms with Gasteiger partial charge in [0.15, 0.2) is 0 Å². The third-order valence-corrected chi connectivity index (χ3v) is 4.99. The average Bonchev–Trinajstić information content (AvgIpc) is 3.30. The number of likely N-dealkylation sites (tertiary alicyclic amines) is 1. The molecule has 1 saturated heterocycles. The van der Waals surface area contributed by atoms with Gasteiger partial charge in [-0.2, -0.15) is 0 Å². The molecular formula is C23H20N2O5. The molecule has 2 aromatic heterocycles. The Hall–Kier alpha value is -3.87. The smallest absolute Gasteiger partial charge is 0.296 e. The van der Waals surface area contributed by atoms with Gasteiger partial charge in [-0.15, -0.1) is 0 Å². The van der Waals surface area contributed by atoms with Crippen molar-refractivity contribution in [1.82, 2.24) is 9.88 Å². The van der Waals surface area contributed by atoms with Gasteiger partial charge in [-0.05, 0) is 42.8 Å². The summed E-state index contributed by atoms with van der Waals surface area (Å²) in [5.74, 6) is -0.187. The van der Waals surface area contributed by atoms with Gasteiger partial charge in [-0.3, -0.25) is 14.6 Å². The summed E-state index contributed by atoms with van der Waals surface area (Å²) in [4.78, 5) is 31.3. The molecule has 152 valence electrons. The number of rotatable bonds is 5. The summed E-state index contributed by atoms with van der Waals surface area (Å²) in [5, 5.41) is 11.0. The van der Waals surface area contributed by atoms with Crippen LogP contribution >= 0.6 is 0 Å². The van der Waals surface area contributed by atoms with E-state index < -0.39 is 17.7 Å². The number of aliphatic hydroxyl groups is 1. The lowest BCUT2D eigenvalue weighted by Crippen LogP contribution is -2.29. The van der Waals surface area contributed by atoms with Gasteiger partial charge >= 0.3 is 0 Å². The van der Waals surface area contributed by atoms with Crippen molar-refractivity contribution in [2.24, 2.45) is 0 Å². The molecule has 30 heavy (non-hydrogen) atoms. The Morgan fingerprint density at radius 1 is 1.20 bits per heavy atom. The largest absolute Gasteiger partial charge is 0.507 e. The molecule has 1 amide bonds. The number of aliphatic hydroxyl groups excluding tert-OH is 1. The van der Waals surface area contributed by atoms with Gasteiger partial charge < -0.3 is 19.2 Å². The van der Waals surface area contributed by atoms with Crippen LogP contribution in [0, 0.1) is 6.92 Å². The van der Waals surface area contributed by atoms with Crippen LogP contribution in [0.25, 0.3) is 5.76 Å². The van der Waals surface area contributed by atoms with Crippen LogP contribution in [-0.4, -0.2) is 33.8 Å². The summed E-state index contributed by atoms with van der Waals surface area (Å²) in [5.41, 5.74) is 1.11. The zero-order chi connectivity index (χ0) is 21.3. The topological polar surface area (TPSA) is 92.9 Å².